The summed E-state index contributed by atoms with van der Waals surface area (Å²) in [5.41, 5.74) is 4.47. The first-order valence-electron chi connectivity index (χ1n) is 8.67. The molecule has 0 bridgehead atoms. The van der Waals surface area contributed by atoms with E-state index in [2.05, 4.69) is 49.9 Å². The summed E-state index contributed by atoms with van der Waals surface area (Å²) >= 11 is 1.25. The molecule has 136 valence electrons. The van der Waals surface area contributed by atoms with Crippen molar-refractivity contribution in [3.63, 3.8) is 0 Å². The van der Waals surface area contributed by atoms with Crippen molar-refractivity contribution in [1.82, 2.24) is 23.9 Å². The van der Waals surface area contributed by atoms with Crippen LogP contribution in [0.5, 0.6) is 10.9 Å². The maximum absolute atomic E-state index is 6.01. The minimum absolute atomic E-state index is 0.530. The summed E-state index contributed by atoms with van der Waals surface area (Å²) in [4.78, 5) is 12.7. The van der Waals surface area contributed by atoms with E-state index in [1.54, 1.807) is 18.6 Å². The lowest BCUT2D eigenvalue weighted by Gasteiger charge is -2.12. The number of aromatic nitrogens is 5. The highest BCUT2D eigenvalue weighted by Crippen LogP contribution is 2.31. The average Bonchev–Trinajstić information content (AvgIpc) is 3.36. The second kappa shape index (κ2) is 7.67. The highest BCUT2D eigenvalue weighted by molar-refractivity contribution is 7.07. The predicted octanol–water partition coefficient (Wildman–Crippen LogP) is 4.45. The number of hydrogen-bond donors (Lipinski definition) is 0. The van der Waals surface area contributed by atoms with Crippen molar-refractivity contribution in [2.24, 2.45) is 0 Å². The third kappa shape index (κ3) is 4.03. The molecule has 0 spiro atoms. The molecule has 0 unspecified atom stereocenters. The van der Waals surface area contributed by atoms with E-state index in [0.29, 0.717) is 11.0 Å². The monoisotopic (exact) mass is 377 g/mol. The number of rotatable bonds is 6. The van der Waals surface area contributed by atoms with Crippen LogP contribution in [0, 0.1) is 13.8 Å². The molecule has 3 heterocycles. The zero-order valence-corrected chi connectivity index (χ0v) is 16.0. The van der Waals surface area contributed by atoms with Gasteiger partial charge in [-0.05, 0) is 55.2 Å². The average molecular weight is 377 g/mol. The standard InChI is InChI=1S/C20H19N5OS/c1-14-11-18(15(2)10-16(14)5-8-25-9-7-22-13-25)26-20-23-19(24-27-20)17-4-3-6-21-12-17/h3-4,6-7,9-13H,5,8H2,1-2H3. The molecule has 0 aliphatic heterocycles. The quantitative estimate of drug-likeness (QED) is 0.497. The SMILES string of the molecule is Cc1cc(Oc2nc(-c3cccnc3)ns2)c(C)cc1CCn1ccnc1. The molecular formula is C20H19N5OS. The van der Waals surface area contributed by atoms with Gasteiger partial charge in [-0.3, -0.25) is 4.98 Å². The lowest BCUT2D eigenvalue weighted by Crippen LogP contribution is -2.01. The van der Waals surface area contributed by atoms with Crippen molar-refractivity contribution in [2.75, 3.05) is 0 Å². The Bertz CT molecular complexity index is 1030. The fraction of sp³-hybridized carbons (Fsp3) is 0.200. The van der Waals surface area contributed by atoms with Crippen LogP contribution in [0.15, 0.2) is 55.4 Å². The van der Waals surface area contributed by atoms with E-state index in [1.165, 1.54) is 22.7 Å². The summed E-state index contributed by atoms with van der Waals surface area (Å²) in [5.74, 6) is 1.45. The molecule has 0 aliphatic carbocycles. The third-order valence-electron chi connectivity index (χ3n) is 4.36. The molecule has 1 aromatic carbocycles. The molecule has 0 saturated carbocycles. The molecule has 4 aromatic rings. The molecule has 27 heavy (non-hydrogen) atoms. The van der Waals surface area contributed by atoms with Gasteiger partial charge in [0.25, 0.3) is 5.19 Å². The Hall–Kier alpha value is -3.06. The summed E-state index contributed by atoms with van der Waals surface area (Å²) in [6.45, 7) is 5.07. The summed E-state index contributed by atoms with van der Waals surface area (Å²) in [7, 11) is 0. The molecule has 7 heteroatoms. The Morgan fingerprint density at radius 1 is 1.11 bits per heavy atom. The zero-order chi connectivity index (χ0) is 18.6. The van der Waals surface area contributed by atoms with E-state index < -0.39 is 0 Å². The third-order valence-corrected chi connectivity index (χ3v) is 4.95. The van der Waals surface area contributed by atoms with Gasteiger partial charge >= 0.3 is 0 Å². The van der Waals surface area contributed by atoms with Gasteiger partial charge in [0.1, 0.15) is 5.75 Å². The fourth-order valence-electron chi connectivity index (χ4n) is 2.85. The maximum Gasteiger partial charge on any atom is 0.299 e. The lowest BCUT2D eigenvalue weighted by molar-refractivity contribution is 0.475. The lowest BCUT2D eigenvalue weighted by atomic mass is 10.0. The Labute approximate surface area is 161 Å². The molecule has 0 radical (unpaired) electrons. The van der Waals surface area contributed by atoms with E-state index >= 15 is 0 Å². The van der Waals surface area contributed by atoms with Gasteiger partial charge in [-0.15, -0.1) is 0 Å². The van der Waals surface area contributed by atoms with Gasteiger partial charge in [-0.1, -0.05) is 6.07 Å². The first kappa shape index (κ1) is 17.4. The summed E-state index contributed by atoms with van der Waals surface area (Å²) < 4.78 is 12.5. The van der Waals surface area contributed by atoms with Crippen LogP contribution in [0.1, 0.15) is 16.7 Å². The first-order chi connectivity index (χ1) is 13.2. The summed E-state index contributed by atoms with van der Waals surface area (Å²) in [6.07, 6.45) is 10.1. The topological polar surface area (TPSA) is 65.7 Å². The van der Waals surface area contributed by atoms with E-state index in [9.17, 15) is 0 Å². The fourth-order valence-corrected chi connectivity index (χ4v) is 3.42. The smallest absolute Gasteiger partial charge is 0.299 e. The van der Waals surface area contributed by atoms with E-state index in [4.69, 9.17) is 4.74 Å². The van der Waals surface area contributed by atoms with Crippen LogP contribution in [0.3, 0.4) is 0 Å². The number of aryl methyl sites for hydroxylation is 4. The molecule has 0 saturated heterocycles. The van der Waals surface area contributed by atoms with Crippen LogP contribution in [0.2, 0.25) is 0 Å². The highest BCUT2D eigenvalue weighted by Gasteiger charge is 2.12. The second-order valence-electron chi connectivity index (χ2n) is 6.32. The van der Waals surface area contributed by atoms with Crippen molar-refractivity contribution in [2.45, 2.75) is 26.8 Å². The van der Waals surface area contributed by atoms with E-state index in [1.807, 2.05) is 24.7 Å². The van der Waals surface area contributed by atoms with Crippen LogP contribution in [0.25, 0.3) is 11.4 Å². The molecule has 0 atom stereocenters. The van der Waals surface area contributed by atoms with Crippen molar-refractivity contribution < 1.29 is 4.74 Å². The minimum Gasteiger partial charge on any atom is -0.430 e. The molecule has 0 fully saturated rings. The predicted molar refractivity (Wildman–Crippen MR) is 105 cm³/mol. The Kier molecular flexibility index (Phi) is 4.93. The highest BCUT2D eigenvalue weighted by atomic mass is 32.1. The van der Waals surface area contributed by atoms with Gasteiger partial charge in [-0.2, -0.15) is 9.36 Å². The van der Waals surface area contributed by atoms with Gasteiger partial charge in [0.15, 0.2) is 5.82 Å². The number of ether oxygens (including phenoxy) is 1. The number of nitrogens with zero attached hydrogens (tertiary/aromatic N) is 5. The molecule has 3 aromatic heterocycles. The van der Waals surface area contributed by atoms with E-state index in [-0.39, 0.29) is 0 Å². The van der Waals surface area contributed by atoms with Crippen molar-refractivity contribution >= 4 is 11.5 Å². The number of pyridine rings is 1. The van der Waals surface area contributed by atoms with Crippen molar-refractivity contribution in [1.29, 1.82) is 0 Å². The van der Waals surface area contributed by atoms with Crippen LogP contribution in [0.4, 0.5) is 0 Å². The van der Waals surface area contributed by atoms with Crippen molar-refractivity contribution in [3.8, 4) is 22.3 Å². The molecule has 0 N–H and O–H groups in total. The Morgan fingerprint density at radius 2 is 2.04 bits per heavy atom. The number of imidazole rings is 1. The molecule has 0 amide bonds. The van der Waals surface area contributed by atoms with Gasteiger partial charge in [-0.25, -0.2) is 4.98 Å². The normalized spacial score (nSPS) is 10.9. The summed E-state index contributed by atoms with van der Waals surface area (Å²) in [5, 5.41) is 0.530. The number of hydrogen-bond acceptors (Lipinski definition) is 6. The number of benzene rings is 1. The molecule has 4 rings (SSSR count). The Balaban J connectivity index is 1.49. The van der Waals surface area contributed by atoms with E-state index in [0.717, 1.165) is 29.8 Å². The van der Waals surface area contributed by atoms with Crippen molar-refractivity contribution in [3.05, 3.63) is 72.1 Å². The second-order valence-corrected chi connectivity index (χ2v) is 7.04. The molecule has 0 aliphatic rings. The van der Waals surface area contributed by atoms with Crippen LogP contribution >= 0.6 is 11.5 Å². The zero-order valence-electron chi connectivity index (χ0n) is 15.2. The largest absolute Gasteiger partial charge is 0.430 e. The molecule has 6 nitrogen and oxygen atoms in total. The van der Waals surface area contributed by atoms with Crippen LogP contribution in [-0.2, 0) is 13.0 Å². The molecular weight excluding hydrogens is 358 g/mol. The maximum atomic E-state index is 6.01. The van der Waals surface area contributed by atoms with Crippen LogP contribution < -0.4 is 4.74 Å². The summed E-state index contributed by atoms with van der Waals surface area (Å²) in [6, 6.07) is 8.06. The minimum atomic E-state index is 0.530. The van der Waals surface area contributed by atoms with Gasteiger partial charge < -0.3 is 9.30 Å². The Morgan fingerprint density at radius 3 is 2.81 bits per heavy atom. The van der Waals surface area contributed by atoms with Gasteiger partial charge in [0.05, 0.1) is 6.33 Å². The van der Waals surface area contributed by atoms with Crippen LogP contribution in [-0.4, -0.2) is 23.9 Å². The van der Waals surface area contributed by atoms with Gasteiger partial charge in [0.2, 0.25) is 0 Å². The van der Waals surface area contributed by atoms with Gasteiger partial charge in [0, 0.05) is 48.4 Å². The first-order valence-corrected chi connectivity index (χ1v) is 9.44.